The number of hydrogen-bond donors (Lipinski definition) is 1. The number of aryl methyl sites for hydroxylation is 1. The molecule has 0 aliphatic heterocycles. The van der Waals surface area contributed by atoms with Crippen molar-refractivity contribution >= 4 is 21.7 Å². The second-order valence-electron chi connectivity index (χ2n) is 4.17. The summed E-state index contributed by atoms with van der Waals surface area (Å²) in [7, 11) is 0. The fourth-order valence-electron chi connectivity index (χ4n) is 1.81. The summed E-state index contributed by atoms with van der Waals surface area (Å²) in [6.45, 7) is 5.03. The minimum absolute atomic E-state index is 0.741. The maximum atomic E-state index is 4.65. The van der Waals surface area contributed by atoms with Gasteiger partial charge < -0.3 is 5.32 Å². The first-order valence-corrected chi connectivity index (χ1v) is 7.26. The van der Waals surface area contributed by atoms with Crippen LogP contribution in [0.15, 0.2) is 29.0 Å². The lowest BCUT2D eigenvalue weighted by Crippen LogP contribution is -2.06. The van der Waals surface area contributed by atoms with Crippen molar-refractivity contribution in [3.05, 3.63) is 34.7 Å². The molecule has 0 aromatic carbocycles. The van der Waals surface area contributed by atoms with E-state index in [1.54, 1.807) is 12.4 Å². The molecule has 0 aliphatic rings. The van der Waals surface area contributed by atoms with Crippen LogP contribution < -0.4 is 5.32 Å². The van der Waals surface area contributed by atoms with Gasteiger partial charge in [0.1, 0.15) is 5.82 Å². The molecule has 100 valence electrons. The zero-order valence-electron chi connectivity index (χ0n) is 11.2. The van der Waals surface area contributed by atoms with Gasteiger partial charge in [-0.15, -0.1) is 0 Å². The zero-order valence-corrected chi connectivity index (χ0v) is 12.7. The highest BCUT2D eigenvalue weighted by Crippen LogP contribution is 2.27. The van der Waals surface area contributed by atoms with Gasteiger partial charge in [-0.1, -0.05) is 13.3 Å². The Labute approximate surface area is 121 Å². The molecule has 5 heteroatoms. The van der Waals surface area contributed by atoms with Gasteiger partial charge in [0.05, 0.1) is 10.2 Å². The fourth-order valence-corrected chi connectivity index (χ4v) is 2.33. The fraction of sp³-hybridized carbons (Fsp3) is 0.357. The van der Waals surface area contributed by atoms with Crippen molar-refractivity contribution in [2.24, 2.45) is 0 Å². The van der Waals surface area contributed by atoms with Gasteiger partial charge in [0.15, 0.2) is 5.82 Å². The molecule has 0 unspecified atom stereocenters. The summed E-state index contributed by atoms with van der Waals surface area (Å²) in [4.78, 5) is 13.3. The lowest BCUT2D eigenvalue weighted by Gasteiger charge is -2.11. The highest BCUT2D eigenvalue weighted by molar-refractivity contribution is 9.10. The van der Waals surface area contributed by atoms with Crippen LogP contribution in [0.1, 0.15) is 26.0 Å². The molecule has 19 heavy (non-hydrogen) atoms. The third kappa shape index (κ3) is 3.29. The maximum Gasteiger partial charge on any atom is 0.161 e. The van der Waals surface area contributed by atoms with E-state index in [2.05, 4.69) is 50.0 Å². The Balaban J connectivity index is 2.49. The van der Waals surface area contributed by atoms with E-state index in [1.165, 1.54) is 0 Å². The molecular formula is C14H17BrN4. The summed E-state index contributed by atoms with van der Waals surface area (Å²) < 4.78 is 0.967. The van der Waals surface area contributed by atoms with E-state index < -0.39 is 0 Å². The van der Waals surface area contributed by atoms with Gasteiger partial charge in [-0.2, -0.15) is 0 Å². The van der Waals surface area contributed by atoms with Crippen LogP contribution in [-0.4, -0.2) is 21.5 Å². The maximum absolute atomic E-state index is 4.65. The second kappa shape index (κ2) is 6.61. The van der Waals surface area contributed by atoms with E-state index in [0.717, 1.165) is 46.8 Å². The van der Waals surface area contributed by atoms with Gasteiger partial charge in [0, 0.05) is 24.5 Å². The first-order valence-electron chi connectivity index (χ1n) is 6.47. The summed E-state index contributed by atoms with van der Waals surface area (Å²) >= 11 is 3.59. The zero-order chi connectivity index (χ0) is 13.7. The standard InChI is InChI=1S/C14H17BrN4/c1-3-5-11-12(15)14(17-4-2)19-13(18-11)10-6-8-16-9-7-10/h6-9H,3-5H2,1-2H3,(H,17,18,19). The topological polar surface area (TPSA) is 50.7 Å². The molecular weight excluding hydrogens is 304 g/mol. The molecule has 1 N–H and O–H groups in total. The lowest BCUT2D eigenvalue weighted by atomic mass is 10.2. The Morgan fingerprint density at radius 3 is 2.53 bits per heavy atom. The first-order chi connectivity index (χ1) is 9.26. The predicted octanol–water partition coefficient (Wildman–Crippen LogP) is 3.69. The molecule has 2 heterocycles. The molecule has 4 nitrogen and oxygen atoms in total. The minimum Gasteiger partial charge on any atom is -0.369 e. The molecule has 0 radical (unpaired) electrons. The highest BCUT2D eigenvalue weighted by atomic mass is 79.9. The number of anilines is 1. The molecule has 0 fully saturated rings. The Bertz CT molecular complexity index is 515. The van der Waals surface area contributed by atoms with Gasteiger partial charge in [-0.3, -0.25) is 4.98 Å². The van der Waals surface area contributed by atoms with Crippen LogP contribution in [0.3, 0.4) is 0 Å². The number of halogens is 1. The summed E-state index contributed by atoms with van der Waals surface area (Å²) in [6.07, 6.45) is 5.50. The quantitative estimate of drug-likeness (QED) is 0.912. The monoisotopic (exact) mass is 320 g/mol. The van der Waals surface area contributed by atoms with Crippen LogP contribution in [-0.2, 0) is 6.42 Å². The third-order valence-electron chi connectivity index (χ3n) is 2.69. The molecule has 0 aliphatic carbocycles. The van der Waals surface area contributed by atoms with Gasteiger partial charge in [-0.25, -0.2) is 9.97 Å². The van der Waals surface area contributed by atoms with E-state index in [-0.39, 0.29) is 0 Å². The van der Waals surface area contributed by atoms with E-state index in [1.807, 2.05) is 12.1 Å². The van der Waals surface area contributed by atoms with Crippen molar-refractivity contribution in [1.29, 1.82) is 0 Å². The largest absolute Gasteiger partial charge is 0.369 e. The number of aromatic nitrogens is 3. The third-order valence-corrected chi connectivity index (χ3v) is 3.52. The summed E-state index contributed by atoms with van der Waals surface area (Å²) in [5.74, 6) is 1.60. The summed E-state index contributed by atoms with van der Waals surface area (Å²) in [5, 5.41) is 3.27. The Morgan fingerprint density at radius 2 is 1.89 bits per heavy atom. The Kier molecular flexibility index (Phi) is 4.85. The van der Waals surface area contributed by atoms with Crippen molar-refractivity contribution in [1.82, 2.24) is 15.0 Å². The number of nitrogens with one attached hydrogen (secondary N) is 1. The Morgan fingerprint density at radius 1 is 1.16 bits per heavy atom. The molecule has 0 saturated carbocycles. The van der Waals surface area contributed by atoms with Crippen molar-refractivity contribution in [2.45, 2.75) is 26.7 Å². The molecule has 0 atom stereocenters. The predicted molar refractivity (Wildman–Crippen MR) is 81.1 cm³/mol. The number of hydrogen-bond acceptors (Lipinski definition) is 4. The normalized spacial score (nSPS) is 10.5. The van der Waals surface area contributed by atoms with Crippen molar-refractivity contribution < 1.29 is 0 Å². The van der Waals surface area contributed by atoms with Crippen LogP contribution in [0.2, 0.25) is 0 Å². The SMILES string of the molecule is CCCc1nc(-c2ccncc2)nc(NCC)c1Br. The second-order valence-corrected chi connectivity index (χ2v) is 4.97. The van der Waals surface area contributed by atoms with E-state index in [0.29, 0.717) is 0 Å². The molecule has 2 rings (SSSR count). The molecule has 0 amide bonds. The number of pyridine rings is 1. The number of rotatable bonds is 5. The van der Waals surface area contributed by atoms with Crippen molar-refractivity contribution in [3.63, 3.8) is 0 Å². The molecule has 2 aromatic rings. The van der Waals surface area contributed by atoms with Crippen LogP contribution in [0.4, 0.5) is 5.82 Å². The summed E-state index contributed by atoms with van der Waals surface area (Å²) in [6, 6.07) is 3.85. The van der Waals surface area contributed by atoms with E-state index >= 15 is 0 Å². The van der Waals surface area contributed by atoms with Gasteiger partial charge in [-0.05, 0) is 41.4 Å². The van der Waals surface area contributed by atoms with Gasteiger partial charge >= 0.3 is 0 Å². The van der Waals surface area contributed by atoms with Crippen molar-refractivity contribution in [2.75, 3.05) is 11.9 Å². The van der Waals surface area contributed by atoms with Crippen LogP contribution >= 0.6 is 15.9 Å². The molecule has 2 aromatic heterocycles. The molecule has 0 spiro atoms. The minimum atomic E-state index is 0.741. The van der Waals surface area contributed by atoms with Gasteiger partial charge in [0.2, 0.25) is 0 Å². The van der Waals surface area contributed by atoms with E-state index in [9.17, 15) is 0 Å². The average Bonchev–Trinajstić information content (AvgIpc) is 2.44. The number of nitrogens with zero attached hydrogens (tertiary/aromatic N) is 3. The van der Waals surface area contributed by atoms with E-state index in [4.69, 9.17) is 0 Å². The average molecular weight is 321 g/mol. The summed E-state index contributed by atoms with van der Waals surface area (Å²) in [5.41, 5.74) is 2.03. The van der Waals surface area contributed by atoms with Crippen molar-refractivity contribution in [3.8, 4) is 11.4 Å². The van der Waals surface area contributed by atoms with Crippen LogP contribution in [0.5, 0.6) is 0 Å². The molecule has 0 saturated heterocycles. The highest BCUT2D eigenvalue weighted by Gasteiger charge is 2.12. The molecule has 0 bridgehead atoms. The lowest BCUT2D eigenvalue weighted by molar-refractivity contribution is 0.867. The van der Waals surface area contributed by atoms with Crippen LogP contribution in [0, 0.1) is 0 Å². The van der Waals surface area contributed by atoms with Crippen LogP contribution in [0.25, 0.3) is 11.4 Å². The first kappa shape index (κ1) is 13.9. The Hall–Kier alpha value is -1.49. The smallest absolute Gasteiger partial charge is 0.161 e. The van der Waals surface area contributed by atoms with Gasteiger partial charge in [0.25, 0.3) is 0 Å².